The highest BCUT2D eigenvalue weighted by Crippen LogP contribution is 2.20. The number of aromatic amines is 1. The van der Waals surface area contributed by atoms with E-state index in [4.69, 9.17) is 10.5 Å². The van der Waals surface area contributed by atoms with Gasteiger partial charge in [0.1, 0.15) is 6.61 Å². The van der Waals surface area contributed by atoms with Crippen LogP contribution in [0.1, 0.15) is 24.2 Å². The van der Waals surface area contributed by atoms with E-state index < -0.39 is 17.3 Å². The van der Waals surface area contributed by atoms with Crippen LogP contribution in [-0.4, -0.2) is 23.5 Å². The number of primary amides is 1. The number of amides is 1. The Morgan fingerprint density at radius 1 is 1.32 bits per heavy atom. The molecule has 0 saturated carbocycles. The lowest BCUT2D eigenvalue weighted by atomic mass is 9.94. The van der Waals surface area contributed by atoms with Crippen LogP contribution in [0.3, 0.4) is 0 Å². The standard InChI is InChI=1S/C14H16N2O3/c1-14(2,13(15)18)8-19-12(17)10-7-16-11-6-4-3-5-9(10)11/h3-7,16H,8H2,1-2H3,(H2,15,18). The molecule has 0 unspecified atom stereocenters. The molecular weight excluding hydrogens is 244 g/mol. The lowest BCUT2D eigenvalue weighted by Gasteiger charge is -2.19. The Hall–Kier alpha value is -2.30. The minimum Gasteiger partial charge on any atom is -0.461 e. The van der Waals surface area contributed by atoms with Crippen molar-refractivity contribution < 1.29 is 14.3 Å². The molecule has 19 heavy (non-hydrogen) atoms. The van der Waals surface area contributed by atoms with Crippen LogP contribution in [0.5, 0.6) is 0 Å². The average molecular weight is 260 g/mol. The first kappa shape index (κ1) is 13.1. The summed E-state index contributed by atoms with van der Waals surface area (Å²) in [5, 5.41) is 0.796. The van der Waals surface area contributed by atoms with E-state index >= 15 is 0 Å². The Kier molecular flexibility index (Phi) is 3.29. The molecule has 5 heteroatoms. The molecule has 0 aliphatic rings. The number of esters is 1. The second kappa shape index (κ2) is 4.76. The number of nitrogens with one attached hydrogen (secondary N) is 1. The first-order valence-corrected chi connectivity index (χ1v) is 5.95. The molecule has 0 spiro atoms. The maximum atomic E-state index is 12.0. The summed E-state index contributed by atoms with van der Waals surface area (Å²) in [6.45, 7) is 3.23. The molecule has 0 atom stereocenters. The predicted octanol–water partition coefficient (Wildman–Crippen LogP) is 1.84. The molecule has 0 bridgehead atoms. The summed E-state index contributed by atoms with van der Waals surface area (Å²) in [6.07, 6.45) is 1.60. The number of benzene rings is 1. The van der Waals surface area contributed by atoms with Crippen LogP contribution in [0.25, 0.3) is 10.9 Å². The summed E-state index contributed by atoms with van der Waals surface area (Å²) >= 11 is 0. The van der Waals surface area contributed by atoms with Crippen LogP contribution in [0, 0.1) is 5.41 Å². The minimum absolute atomic E-state index is 0.0410. The van der Waals surface area contributed by atoms with Crippen LogP contribution in [0.4, 0.5) is 0 Å². The molecule has 0 fully saturated rings. The number of H-pyrrole nitrogens is 1. The van der Waals surface area contributed by atoms with Crippen molar-refractivity contribution in [2.75, 3.05) is 6.61 Å². The molecule has 1 aromatic heterocycles. The van der Waals surface area contributed by atoms with Crippen molar-refractivity contribution in [1.82, 2.24) is 4.98 Å². The van der Waals surface area contributed by atoms with E-state index in [-0.39, 0.29) is 6.61 Å². The van der Waals surface area contributed by atoms with Gasteiger partial charge in [0.25, 0.3) is 0 Å². The molecule has 1 aromatic carbocycles. The Morgan fingerprint density at radius 2 is 2.00 bits per heavy atom. The molecule has 2 aromatic rings. The van der Waals surface area contributed by atoms with Crippen molar-refractivity contribution in [3.05, 3.63) is 36.0 Å². The summed E-state index contributed by atoms with van der Waals surface area (Å²) in [7, 11) is 0. The average Bonchev–Trinajstić information content (AvgIpc) is 2.79. The van der Waals surface area contributed by atoms with Crippen molar-refractivity contribution in [2.45, 2.75) is 13.8 Å². The summed E-state index contributed by atoms with van der Waals surface area (Å²) in [5.41, 5.74) is 5.67. The summed E-state index contributed by atoms with van der Waals surface area (Å²) in [6, 6.07) is 7.44. The Morgan fingerprint density at radius 3 is 2.68 bits per heavy atom. The number of fused-ring (bicyclic) bond motifs is 1. The van der Waals surface area contributed by atoms with Crippen molar-refractivity contribution in [3.8, 4) is 0 Å². The topological polar surface area (TPSA) is 85.2 Å². The fraction of sp³-hybridized carbons (Fsp3) is 0.286. The first-order valence-electron chi connectivity index (χ1n) is 5.95. The van der Waals surface area contributed by atoms with Gasteiger partial charge in [0.05, 0.1) is 11.0 Å². The van der Waals surface area contributed by atoms with Gasteiger partial charge in [-0.05, 0) is 19.9 Å². The van der Waals surface area contributed by atoms with Gasteiger partial charge in [-0.3, -0.25) is 4.79 Å². The van der Waals surface area contributed by atoms with E-state index in [1.54, 1.807) is 20.0 Å². The van der Waals surface area contributed by atoms with Crippen LogP contribution >= 0.6 is 0 Å². The third-order valence-electron chi connectivity index (χ3n) is 3.04. The first-order chi connectivity index (χ1) is 8.92. The molecule has 3 N–H and O–H groups in total. The lowest BCUT2D eigenvalue weighted by molar-refractivity contribution is -0.127. The number of rotatable bonds is 4. The van der Waals surface area contributed by atoms with Gasteiger partial charge in [-0.25, -0.2) is 4.79 Å². The van der Waals surface area contributed by atoms with E-state index in [0.717, 1.165) is 10.9 Å². The Labute approximate surface area is 110 Å². The largest absolute Gasteiger partial charge is 0.461 e. The number of carbonyl (C=O) groups excluding carboxylic acids is 2. The summed E-state index contributed by atoms with van der Waals surface area (Å²) in [4.78, 5) is 26.1. The molecule has 0 radical (unpaired) electrons. The number of carbonyl (C=O) groups is 2. The van der Waals surface area contributed by atoms with E-state index in [2.05, 4.69) is 4.98 Å². The zero-order chi connectivity index (χ0) is 14.0. The van der Waals surface area contributed by atoms with Gasteiger partial charge in [-0.1, -0.05) is 18.2 Å². The maximum absolute atomic E-state index is 12.0. The molecule has 5 nitrogen and oxygen atoms in total. The van der Waals surface area contributed by atoms with E-state index in [1.165, 1.54) is 0 Å². The molecule has 1 amide bonds. The lowest BCUT2D eigenvalue weighted by Crippen LogP contribution is -2.36. The highest BCUT2D eigenvalue weighted by Gasteiger charge is 2.27. The van der Waals surface area contributed by atoms with Gasteiger partial charge in [0.15, 0.2) is 0 Å². The second-order valence-electron chi connectivity index (χ2n) is 5.07. The Bertz CT molecular complexity index is 628. The van der Waals surface area contributed by atoms with Crippen LogP contribution in [-0.2, 0) is 9.53 Å². The molecule has 100 valence electrons. The van der Waals surface area contributed by atoms with E-state index in [9.17, 15) is 9.59 Å². The van der Waals surface area contributed by atoms with Crippen molar-refractivity contribution >= 4 is 22.8 Å². The van der Waals surface area contributed by atoms with Gasteiger partial charge < -0.3 is 15.5 Å². The van der Waals surface area contributed by atoms with Crippen LogP contribution in [0.2, 0.25) is 0 Å². The van der Waals surface area contributed by atoms with Gasteiger partial charge in [0, 0.05) is 17.1 Å². The normalized spacial score (nSPS) is 11.5. The predicted molar refractivity (Wildman–Crippen MR) is 71.6 cm³/mol. The molecule has 1 heterocycles. The summed E-state index contributed by atoms with van der Waals surface area (Å²) < 4.78 is 5.16. The number of para-hydroxylation sites is 1. The SMILES string of the molecule is CC(C)(COC(=O)c1c[nH]c2ccccc12)C(N)=O. The number of ether oxygens (including phenoxy) is 1. The smallest absolute Gasteiger partial charge is 0.340 e. The number of aromatic nitrogens is 1. The fourth-order valence-electron chi connectivity index (χ4n) is 1.64. The highest BCUT2D eigenvalue weighted by atomic mass is 16.5. The molecule has 0 aliphatic carbocycles. The zero-order valence-electron chi connectivity index (χ0n) is 10.9. The number of hydrogen-bond donors (Lipinski definition) is 2. The minimum atomic E-state index is -0.873. The number of hydrogen-bond acceptors (Lipinski definition) is 3. The van der Waals surface area contributed by atoms with Gasteiger partial charge in [-0.15, -0.1) is 0 Å². The Balaban J connectivity index is 2.15. The van der Waals surface area contributed by atoms with Crippen molar-refractivity contribution in [1.29, 1.82) is 0 Å². The molecule has 2 rings (SSSR count). The highest BCUT2D eigenvalue weighted by molar-refractivity contribution is 6.04. The van der Waals surface area contributed by atoms with Gasteiger partial charge >= 0.3 is 5.97 Å². The maximum Gasteiger partial charge on any atom is 0.340 e. The van der Waals surface area contributed by atoms with Crippen molar-refractivity contribution in [2.24, 2.45) is 11.1 Å². The van der Waals surface area contributed by atoms with Crippen molar-refractivity contribution in [3.63, 3.8) is 0 Å². The molecule has 0 saturated heterocycles. The van der Waals surface area contributed by atoms with E-state index in [0.29, 0.717) is 5.56 Å². The fourth-order valence-corrected chi connectivity index (χ4v) is 1.64. The van der Waals surface area contributed by atoms with Gasteiger partial charge in [-0.2, -0.15) is 0 Å². The third kappa shape index (κ3) is 2.59. The number of nitrogens with two attached hydrogens (primary N) is 1. The monoisotopic (exact) mass is 260 g/mol. The van der Waals surface area contributed by atoms with E-state index in [1.807, 2.05) is 24.3 Å². The summed E-state index contributed by atoms with van der Waals surface area (Å²) in [5.74, 6) is -0.967. The zero-order valence-corrected chi connectivity index (χ0v) is 10.9. The van der Waals surface area contributed by atoms with Crippen LogP contribution < -0.4 is 5.73 Å². The van der Waals surface area contributed by atoms with Crippen LogP contribution in [0.15, 0.2) is 30.5 Å². The molecular formula is C14H16N2O3. The van der Waals surface area contributed by atoms with Gasteiger partial charge in [0.2, 0.25) is 5.91 Å². The quantitative estimate of drug-likeness (QED) is 0.822. The second-order valence-corrected chi connectivity index (χ2v) is 5.07. The molecule has 0 aliphatic heterocycles. The third-order valence-corrected chi connectivity index (χ3v) is 3.04.